The molecule has 0 aliphatic carbocycles. The Bertz CT molecular complexity index is 1020. The topological polar surface area (TPSA) is 106 Å². The summed E-state index contributed by atoms with van der Waals surface area (Å²) in [5.74, 6) is 0.936. The molecule has 0 spiro atoms. The molecule has 0 unspecified atom stereocenters. The molecule has 3 heterocycles. The Morgan fingerprint density at radius 1 is 1.10 bits per heavy atom. The van der Waals surface area contributed by atoms with Crippen LogP contribution in [0.2, 0.25) is 0 Å². The second-order valence-corrected chi connectivity index (χ2v) is 6.74. The van der Waals surface area contributed by atoms with Crippen molar-refractivity contribution in [2.45, 2.75) is 6.92 Å². The number of nitrogens with zero attached hydrogens (tertiary/aromatic N) is 4. The van der Waals surface area contributed by atoms with Crippen LogP contribution in [0.1, 0.15) is 6.92 Å². The number of nitrogens with one attached hydrogen (secondary N) is 1. The number of amides is 1. The fourth-order valence-corrected chi connectivity index (χ4v) is 3.19. The number of morpholine rings is 1. The summed E-state index contributed by atoms with van der Waals surface area (Å²) in [5.41, 5.74) is 9.56. The van der Waals surface area contributed by atoms with Gasteiger partial charge in [0.1, 0.15) is 5.82 Å². The van der Waals surface area contributed by atoms with Crippen molar-refractivity contribution < 1.29 is 9.53 Å². The average molecular weight is 390 g/mol. The molecule has 4 rings (SSSR count). The minimum Gasteiger partial charge on any atom is -0.384 e. The number of ether oxygens (including phenoxy) is 1. The number of rotatable bonds is 4. The number of nitrogens with two attached hydrogens (primary N) is 1. The number of pyridine rings is 1. The lowest BCUT2D eigenvalue weighted by Crippen LogP contribution is -2.37. The van der Waals surface area contributed by atoms with Crippen LogP contribution in [0.5, 0.6) is 0 Å². The lowest BCUT2D eigenvalue weighted by Gasteiger charge is -2.27. The van der Waals surface area contributed by atoms with E-state index in [1.165, 1.54) is 6.92 Å². The number of hydrogen-bond donors (Lipinski definition) is 2. The predicted octanol–water partition coefficient (Wildman–Crippen LogP) is 2.58. The Labute approximate surface area is 168 Å². The molecule has 8 nitrogen and oxygen atoms in total. The molecule has 1 aliphatic rings. The van der Waals surface area contributed by atoms with Crippen molar-refractivity contribution in [2.24, 2.45) is 0 Å². The van der Waals surface area contributed by atoms with Crippen LogP contribution in [-0.2, 0) is 9.53 Å². The summed E-state index contributed by atoms with van der Waals surface area (Å²) in [5, 5.41) is 2.88. The zero-order valence-corrected chi connectivity index (χ0v) is 16.1. The van der Waals surface area contributed by atoms with Crippen LogP contribution in [0.4, 0.5) is 17.5 Å². The third-order valence-electron chi connectivity index (χ3n) is 4.60. The van der Waals surface area contributed by atoms with Gasteiger partial charge in [-0.25, -0.2) is 15.0 Å². The van der Waals surface area contributed by atoms with E-state index in [1.54, 1.807) is 12.3 Å². The number of para-hydroxylation sites is 1. The molecule has 148 valence electrons. The molecule has 0 saturated carbocycles. The first kappa shape index (κ1) is 18.8. The quantitative estimate of drug-likeness (QED) is 0.705. The Kier molecular flexibility index (Phi) is 5.35. The Balaban J connectivity index is 1.84. The van der Waals surface area contributed by atoms with Crippen molar-refractivity contribution >= 4 is 23.4 Å². The number of hydrogen-bond acceptors (Lipinski definition) is 7. The van der Waals surface area contributed by atoms with Crippen molar-refractivity contribution in [1.29, 1.82) is 0 Å². The van der Waals surface area contributed by atoms with E-state index >= 15 is 0 Å². The Morgan fingerprint density at radius 3 is 2.59 bits per heavy atom. The SMILES string of the molecule is CC(=O)Nc1ccccc1-c1cc(-c2ccc(N)nc2)nc(N2CCOCC2)n1. The first-order valence-corrected chi connectivity index (χ1v) is 9.41. The van der Waals surface area contributed by atoms with Gasteiger partial charge in [-0.3, -0.25) is 4.79 Å². The molecule has 0 bridgehead atoms. The van der Waals surface area contributed by atoms with Gasteiger partial charge in [-0.05, 0) is 24.3 Å². The van der Waals surface area contributed by atoms with Crippen LogP contribution in [-0.4, -0.2) is 47.2 Å². The van der Waals surface area contributed by atoms with E-state index < -0.39 is 0 Å². The number of carbonyl (C=O) groups excluding carboxylic acids is 1. The monoisotopic (exact) mass is 390 g/mol. The molecule has 29 heavy (non-hydrogen) atoms. The van der Waals surface area contributed by atoms with E-state index in [-0.39, 0.29) is 5.91 Å². The molecule has 3 N–H and O–H groups in total. The standard InChI is InChI=1S/C21H22N6O2/c1-14(28)24-17-5-3-2-4-16(17)19-12-18(15-6-7-20(22)23-13-15)25-21(26-19)27-8-10-29-11-9-27/h2-7,12-13H,8-11H2,1H3,(H2,22,23)(H,24,28). The molecule has 1 fully saturated rings. The third kappa shape index (κ3) is 4.33. The molecular weight excluding hydrogens is 368 g/mol. The van der Waals surface area contributed by atoms with Crippen LogP contribution in [0.3, 0.4) is 0 Å². The van der Waals surface area contributed by atoms with Gasteiger partial charge in [0, 0.05) is 37.3 Å². The summed E-state index contributed by atoms with van der Waals surface area (Å²) in [4.78, 5) is 27.5. The van der Waals surface area contributed by atoms with Crippen molar-refractivity contribution in [2.75, 3.05) is 42.3 Å². The van der Waals surface area contributed by atoms with Crippen molar-refractivity contribution in [3.05, 3.63) is 48.7 Å². The van der Waals surface area contributed by atoms with Gasteiger partial charge in [-0.15, -0.1) is 0 Å². The van der Waals surface area contributed by atoms with Crippen molar-refractivity contribution in [3.63, 3.8) is 0 Å². The summed E-state index contributed by atoms with van der Waals surface area (Å²) in [6, 6.07) is 13.1. The summed E-state index contributed by atoms with van der Waals surface area (Å²) in [7, 11) is 0. The maximum absolute atomic E-state index is 11.6. The summed E-state index contributed by atoms with van der Waals surface area (Å²) >= 11 is 0. The van der Waals surface area contributed by atoms with Crippen LogP contribution in [0, 0.1) is 0 Å². The van der Waals surface area contributed by atoms with Crippen LogP contribution >= 0.6 is 0 Å². The normalized spacial score (nSPS) is 13.9. The molecule has 3 aromatic rings. The number of carbonyl (C=O) groups is 1. The van der Waals surface area contributed by atoms with Crippen molar-refractivity contribution in [1.82, 2.24) is 15.0 Å². The van der Waals surface area contributed by atoms with Gasteiger partial charge >= 0.3 is 0 Å². The van der Waals surface area contributed by atoms with E-state index in [0.717, 1.165) is 35.6 Å². The Hall–Kier alpha value is -3.52. The van der Waals surface area contributed by atoms with Gasteiger partial charge in [0.05, 0.1) is 30.3 Å². The second kappa shape index (κ2) is 8.24. The lowest BCUT2D eigenvalue weighted by molar-refractivity contribution is -0.114. The number of nitrogen functional groups attached to an aromatic ring is 1. The first-order chi connectivity index (χ1) is 14.1. The summed E-state index contributed by atoms with van der Waals surface area (Å²) < 4.78 is 5.46. The van der Waals surface area contributed by atoms with E-state index in [0.29, 0.717) is 30.7 Å². The van der Waals surface area contributed by atoms with Gasteiger partial charge in [0.2, 0.25) is 11.9 Å². The zero-order valence-electron chi connectivity index (χ0n) is 16.1. The average Bonchev–Trinajstić information content (AvgIpc) is 2.74. The highest BCUT2D eigenvalue weighted by Crippen LogP contribution is 2.31. The molecule has 1 aliphatic heterocycles. The highest BCUT2D eigenvalue weighted by Gasteiger charge is 2.18. The molecule has 1 saturated heterocycles. The van der Waals surface area contributed by atoms with Crippen LogP contribution < -0.4 is 16.0 Å². The highest BCUT2D eigenvalue weighted by atomic mass is 16.5. The molecule has 1 amide bonds. The van der Waals surface area contributed by atoms with Gasteiger partial charge in [-0.2, -0.15) is 0 Å². The Morgan fingerprint density at radius 2 is 1.86 bits per heavy atom. The van der Waals surface area contributed by atoms with Gasteiger partial charge < -0.3 is 20.7 Å². The molecule has 1 aromatic carbocycles. The van der Waals surface area contributed by atoms with Crippen molar-refractivity contribution in [3.8, 4) is 22.5 Å². The first-order valence-electron chi connectivity index (χ1n) is 9.41. The van der Waals surface area contributed by atoms with Gasteiger partial charge in [0.15, 0.2) is 0 Å². The van der Waals surface area contributed by atoms with E-state index in [1.807, 2.05) is 36.4 Å². The maximum Gasteiger partial charge on any atom is 0.226 e. The van der Waals surface area contributed by atoms with E-state index in [2.05, 4.69) is 15.2 Å². The smallest absolute Gasteiger partial charge is 0.226 e. The molecule has 2 aromatic heterocycles. The number of anilines is 3. The van der Waals surface area contributed by atoms with Crippen LogP contribution in [0.15, 0.2) is 48.7 Å². The summed E-state index contributed by atoms with van der Waals surface area (Å²) in [6.07, 6.45) is 1.70. The minimum absolute atomic E-state index is 0.136. The second-order valence-electron chi connectivity index (χ2n) is 6.74. The molecule has 0 radical (unpaired) electrons. The molecule has 0 atom stereocenters. The fraction of sp³-hybridized carbons (Fsp3) is 0.238. The molecule has 8 heteroatoms. The van der Waals surface area contributed by atoms with Gasteiger partial charge in [-0.1, -0.05) is 18.2 Å². The lowest BCUT2D eigenvalue weighted by atomic mass is 10.1. The zero-order chi connectivity index (χ0) is 20.2. The van der Waals surface area contributed by atoms with Crippen LogP contribution in [0.25, 0.3) is 22.5 Å². The summed E-state index contributed by atoms with van der Waals surface area (Å²) in [6.45, 7) is 4.19. The largest absolute Gasteiger partial charge is 0.384 e. The highest BCUT2D eigenvalue weighted by molar-refractivity contribution is 5.94. The number of benzene rings is 1. The van der Waals surface area contributed by atoms with E-state index in [9.17, 15) is 4.79 Å². The maximum atomic E-state index is 11.6. The minimum atomic E-state index is -0.136. The number of aromatic nitrogens is 3. The molecular formula is C21H22N6O2. The predicted molar refractivity (Wildman–Crippen MR) is 112 cm³/mol. The van der Waals surface area contributed by atoms with Gasteiger partial charge in [0.25, 0.3) is 0 Å². The van der Waals surface area contributed by atoms with E-state index in [4.69, 9.17) is 20.4 Å². The fourth-order valence-electron chi connectivity index (χ4n) is 3.19. The third-order valence-corrected chi connectivity index (χ3v) is 4.60.